The van der Waals surface area contributed by atoms with Crippen molar-refractivity contribution in [3.8, 4) is 0 Å². The molecule has 0 amide bonds. The van der Waals surface area contributed by atoms with E-state index in [1.54, 1.807) is 0 Å². The molecule has 0 spiro atoms. The van der Waals surface area contributed by atoms with Crippen LogP contribution in [0.25, 0.3) is 10.8 Å². The Morgan fingerprint density at radius 2 is 1.89 bits per heavy atom. The Balaban J connectivity index is 1.81. The molecule has 1 saturated carbocycles. The lowest BCUT2D eigenvalue weighted by molar-refractivity contribution is 0.416. The summed E-state index contributed by atoms with van der Waals surface area (Å²) in [7, 11) is 0. The monoisotopic (exact) mass is 253 g/mol. The number of benzene rings is 2. The first-order valence-corrected chi connectivity index (χ1v) is 7.46. The minimum atomic E-state index is 0.316. The van der Waals surface area contributed by atoms with Crippen LogP contribution < -0.4 is 5.73 Å². The predicted molar refractivity (Wildman–Crippen MR) is 82.1 cm³/mol. The van der Waals surface area contributed by atoms with E-state index in [2.05, 4.69) is 49.4 Å². The molecule has 1 nitrogen and oxygen atoms in total. The molecule has 2 aromatic carbocycles. The molecule has 2 N–H and O–H groups in total. The normalized spacial score (nSPS) is 24.7. The van der Waals surface area contributed by atoms with Crippen LogP contribution in [0.15, 0.2) is 42.5 Å². The predicted octanol–water partition coefficient (Wildman–Crippen LogP) is 4.15. The number of nitrogens with two attached hydrogens (primary N) is 1. The minimum Gasteiger partial charge on any atom is -0.327 e. The van der Waals surface area contributed by atoms with Crippen LogP contribution >= 0.6 is 0 Å². The fourth-order valence-corrected chi connectivity index (χ4v) is 3.53. The van der Waals surface area contributed by atoms with Gasteiger partial charge in [-0.1, -0.05) is 55.8 Å². The van der Waals surface area contributed by atoms with Crippen LogP contribution in [0.2, 0.25) is 0 Å². The van der Waals surface area contributed by atoms with Crippen molar-refractivity contribution in [2.24, 2.45) is 17.6 Å². The summed E-state index contributed by atoms with van der Waals surface area (Å²) >= 11 is 0. The summed E-state index contributed by atoms with van der Waals surface area (Å²) < 4.78 is 0. The third-order valence-electron chi connectivity index (χ3n) is 4.68. The van der Waals surface area contributed by atoms with E-state index in [1.807, 2.05) is 0 Å². The maximum atomic E-state index is 6.46. The molecule has 2 aromatic rings. The second-order valence-corrected chi connectivity index (χ2v) is 6.18. The second kappa shape index (κ2) is 5.34. The van der Waals surface area contributed by atoms with Crippen LogP contribution in [0.5, 0.6) is 0 Å². The van der Waals surface area contributed by atoms with Crippen LogP contribution in [-0.2, 0) is 6.42 Å². The van der Waals surface area contributed by atoms with Gasteiger partial charge in [-0.25, -0.2) is 0 Å². The molecule has 100 valence electrons. The van der Waals surface area contributed by atoms with E-state index >= 15 is 0 Å². The van der Waals surface area contributed by atoms with Gasteiger partial charge in [0.15, 0.2) is 0 Å². The SMILES string of the molecule is CC1CCC(C(N)Cc2cccc3ccccc23)C1. The van der Waals surface area contributed by atoms with Crippen LogP contribution in [0.4, 0.5) is 0 Å². The molecule has 3 unspecified atom stereocenters. The molecule has 3 rings (SSSR count). The van der Waals surface area contributed by atoms with E-state index in [1.165, 1.54) is 35.6 Å². The Bertz CT molecular complexity index is 555. The maximum absolute atomic E-state index is 6.46. The van der Waals surface area contributed by atoms with Gasteiger partial charge in [-0.3, -0.25) is 0 Å². The van der Waals surface area contributed by atoms with E-state index in [-0.39, 0.29) is 0 Å². The summed E-state index contributed by atoms with van der Waals surface area (Å²) in [4.78, 5) is 0. The van der Waals surface area contributed by atoms with Crippen LogP contribution in [-0.4, -0.2) is 6.04 Å². The molecule has 1 heteroatoms. The quantitative estimate of drug-likeness (QED) is 0.874. The van der Waals surface area contributed by atoms with Crippen molar-refractivity contribution in [2.45, 2.75) is 38.6 Å². The molecular weight excluding hydrogens is 230 g/mol. The van der Waals surface area contributed by atoms with E-state index in [9.17, 15) is 0 Å². The summed E-state index contributed by atoms with van der Waals surface area (Å²) in [6, 6.07) is 15.5. The van der Waals surface area contributed by atoms with Crippen molar-refractivity contribution in [1.29, 1.82) is 0 Å². The Morgan fingerprint density at radius 1 is 1.11 bits per heavy atom. The van der Waals surface area contributed by atoms with Crippen molar-refractivity contribution in [1.82, 2.24) is 0 Å². The lowest BCUT2D eigenvalue weighted by atomic mass is 9.90. The molecule has 1 aliphatic carbocycles. The molecule has 0 heterocycles. The Labute approximate surface area is 115 Å². The maximum Gasteiger partial charge on any atom is 0.0108 e. The molecule has 1 aliphatic rings. The average molecular weight is 253 g/mol. The zero-order valence-electron chi connectivity index (χ0n) is 11.7. The zero-order chi connectivity index (χ0) is 13.2. The molecule has 0 saturated heterocycles. The first kappa shape index (κ1) is 12.7. The number of fused-ring (bicyclic) bond motifs is 1. The molecular formula is C18H23N. The molecule has 3 atom stereocenters. The fraction of sp³-hybridized carbons (Fsp3) is 0.444. The van der Waals surface area contributed by atoms with Crippen molar-refractivity contribution in [3.63, 3.8) is 0 Å². The van der Waals surface area contributed by atoms with Crippen molar-refractivity contribution in [3.05, 3.63) is 48.0 Å². The molecule has 0 radical (unpaired) electrons. The van der Waals surface area contributed by atoms with Crippen LogP contribution in [0.1, 0.15) is 31.7 Å². The third kappa shape index (κ3) is 2.66. The first-order valence-electron chi connectivity index (χ1n) is 7.46. The molecule has 0 aromatic heterocycles. The number of hydrogen-bond acceptors (Lipinski definition) is 1. The second-order valence-electron chi connectivity index (χ2n) is 6.18. The van der Waals surface area contributed by atoms with Gasteiger partial charge in [0.05, 0.1) is 0 Å². The lowest BCUT2D eigenvalue weighted by Crippen LogP contribution is -2.30. The largest absolute Gasteiger partial charge is 0.327 e. The van der Waals surface area contributed by atoms with Crippen molar-refractivity contribution < 1.29 is 0 Å². The van der Waals surface area contributed by atoms with Crippen molar-refractivity contribution in [2.75, 3.05) is 0 Å². The minimum absolute atomic E-state index is 0.316. The smallest absolute Gasteiger partial charge is 0.0108 e. The van der Waals surface area contributed by atoms with Gasteiger partial charge in [0.25, 0.3) is 0 Å². The topological polar surface area (TPSA) is 26.0 Å². The molecule has 1 fully saturated rings. The van der Waals surface area contributed by atoms with E-state index < -0.39 is 0 Å². The van der Waals surface area contributed by atoms with Gasteiger partial charge in [-0.05, 0) is 47.4 Å². The number of hydrogen-bond donors (Lipinski definition) is 1. The van der Waals surface area contributed by atoms with Gasteiger partial charge >= 0.3 is 0 Å². The molecule has 0 aliphatic heterocycles. The fourth-order valence-electron chi connectivity index (χ4n) is 3.53. The molecule has 19 heavy (non-hydrogen) atoms. The Kier molecular flexibility index (Phi) is 3.56. The number of rotatable bonds is 3. The average Bonchev–Trinajstić information content (AvgIpc) is 2.86. The van der Waals surface area contributed by atoms with Gasteiger partial charge in [-0.2, -0.15) is 0 Å². The van der Waals surface area contributed by atoms with Crippen LogP contribution in [0, 0.1) is 11.8 Å². The summed E-state index contributed by atoms with van der Waals surface area (Å²) in [5.41, 5.74) is 7.87. The first-order chi connectivity index (χ1) is 9.24. The lowest BCUT2D eigenvalue weighted by Gasteiger charge is -2.20. The third-order valence-corrected chi connectivity index (χ3v) is 4.68. The van der Waals surface area contributed by atoms with Gasteiger partial charge in [0.1, 0.15) is 0 Å². The van der Waals surface area contributed by atoms with Gasteiger partial charge in [0, 0.05) is 6.04 Å². The van der Waals surface area contributed by atoms with Gasteiger partial charge in [-0.15, -0.1) is 0 Å². The van der Waals surface area contributed by atoms with E-state index in [0.29, 0.717) is 12.0 Å². The Morgan fingerprint density at radius 3 is 2.68 bits per heavy atom. The van der Waals surface area contributed by atoms with E-state index in [0.717, 1.165) is 12.3 Å². The zero-order valence-corrected chi connectivity index (χ0v) is 11.7. The highest BCUT2D eigenvalue weighted by molar-refractivity contribution is 5.85. The van der Waals surface area contributed by atoms with Crippen LogP contribution in [0.3, 0.4) is 0 Å². The summed E-state index contributed by atoms with van der Waals surface area (Å²) in [6.45, 7) is 2.35. The molecule has 0 bridgehead atoms. The highest BCUT2D eigenvalue weighted by atomic mass is 14.7. The summed E-state index contributed by atoms with van der Waals surface area (Å²) in [5.74, 6) is 1.58. The Hall–Kier alpha value is -1.34. The summed E-state index contributed by atoms with van der Waals surface area (Å²) in [5, 5.41) is 2.69. The van der Waals surface area contributed by atoms with E-state index in [4.69, 9.17) is 5.73 Å². The highest BCUT2D eigenvalue weighted by Crippen LogP contribution is 2.33. The van der Waals surface area contributed by atoms with Gasteiger partial charge in [0.2, 0.25) is 0 Å². The summed E-state index contributed by atoms with van der Waals surface area (Å²) in [6.07, 6.45) is 4.99. The van der Waals surface area contributed by atoms with Crippen molar-refractivity contribution >= 4 is 10.8 Å². The van der Waals surface area contributed by atoms with Gasteiger partial charge < -0.3 is 5.73 Å². The highest BCUT2D eigenvalue weighted by Gasteiger charge is 2.26. The standard InChI is InChI=1S/C18H23N/c1-13-9-10-16(11-13)18(19)12-15-7-4-6-14-5-2-3-8-17(14)15/h2-8,13,16,18H,9-12,19H2,1H3.